The van der Waals surface area contributed by atoms with Gasteiger partial charge in [-0.15, -0.1) is 0 Å². The summed E-state index contributed by atoms with van der Waals surface area (Å²) in [6.07, 6.45) is 0.990. The number of para-hydroxylation sites is 1. The highest BCUT2D eigenvalue weighted by Crippen LogP contribution is 2.24. The summed E-state index contributed by atoms with van der Waals surface area (Å²) >= 11 is 0. The largest absolute Gasteiger partial charge is 0.467 e. The van der Waals surface area contributed by atoms with Gasteiger partial charge >= 0.3 is 12.1 Å². The topological polar surface area (TPSA) is 110 Å². The van der Waals surface area contributed by atoms with Crippen molar-refractivity contribution in [2.45, 2.75) is 39.4 Å². The van der Waals surface area contributed by atoms with Crippen molar-refractivity contribution in [2.24, 2.45) is 5.92 Å². The molecule has 2 atom stereocenters. The van der Waals surface area contributed by atoms with Gasteiger partial charge in [-0.2, -0.15) is 0 Å². The number of aromatic amines is 1. The number of hydrogen-bond donors (Lipinski definition) is 3. The van der Waals surface area contributed by atoms with E-state index >= 15 is 0 Å². The highest BCUT2D eigenvalue weighted by molar-refractivity contribution is 6.55. The maximum absolute atomic E-state index is 13.2. The van der Waals surface area contributed by atoms with Crippen LogP contribution in [0.2, 0.25) is 6.82 Å². The Kier molecular flexibility index (Phi) is 8.35. The first kappa shape index (κ1) is 24.9. The lowest BCUT2D eigenvalue weighted by atomic mass is 9.72. The molecular formula is C25H30BN3O5. The van der Waals surface area contributed by atoms with Crippen LogP contribution < -0.4 is 16.1 Å². The Labute approximate surface area is 199 Å². The van der Waals surface area contributed by atoms with Gasteiger partial charge in [0.25, 0.3) is 0 Å². The quantitative estimate of drug-likeness (QED) is 0.334. The fraction of sp³-hybridized carbons (Fsp3) is 0.320. The van der Waals surface area contributed by atoms with Crippen molar-refractivity contribution >= 4 is 41.6 Å². The van der Waals surface area contributed by atoms with E-state index in [-0.39, 0.29) is 12.5 Å². The molecule has 2 amide bonds. The Morgan fingerprint density at radius 2 is 1.76 bits per heavy atom. The monoisotopic (exact) mass is 463 g/mol. The average Bonchev–Trinajstić information content (AvgIpc) is 3.28. The molecule has 0 aliphatic carbocycles. The molecule has 3 N–H and O–H groups in total. The van der Waals surface area contributed by atoms with Gasteiger partial charge in [-0.25, -0.2) is 9.59 Å². The van der Waals surface area contributed by atoms with Crippen LogP contribution in [0.25, 0.3) is 10.9 Å². The Morgan fingerprint density at radius 1 is 1.03 bits per heavy atom. The zero-order valence-electron chi connectivity index (χ0n) is 19.9. The normalized spacial score (nSPS) is 12.6. The van der Waals surface area contributed by atoms with Crippen LogP contribution in [-0.4, -0.2) is 43.4 Å². The van der Waals surface area contributed by atoms with Crippen LogP contribution in [0.5, 0.6) is 0 Å². The standard InChI is InChI=1S/C25H30BN3O5/c1-15(2)20(29-25(32)34-14-16-9-6-5-7-10-16)23(30)28-22(24(31)33-4)18-13-27-21-17(18)11-8-12-19(21)26-3/h5-13,15,20,22,26-27H,14H2,1-4H3,(H,28,30)(H,29,32)/t20-,22?/m0/s1. The van der Waals surface area contributed by atoms with E-state index in [2.05, 4.69) is 15.6 Å². The maximum Gasteiger partial charge on any atom is 0.408 e. The molecule has 0 saturated carbocycles. The predicted molar refractivity (Wildman–Crippen MR) is 132 cm³/mol. The summed E-state index contributed by atoms with van der Waals surface area (Å²) in [6, 6.07) is 13.1. The lowest BCUT2D eigenvalue weighted by Crippen LogP contribution is -2.51. The number of amides is 2. The number of H-pyrrole nitrogens is 1. The SMILES string of the molecule is CBc1cccc2c(C(NC(=O)[C@@H](NC(=O)OCc3ccccc3)C(C)C)C(=O)OC)c[nH]c12. The first-order chi connectivity index (χ1) is 16.3. The van der Waals surface area contributed by atoms with E-state index in [1.807, 2.05) is 55.4 Å². The summed E-state index contributed by atoms with van der Waals surface area (Å²) in [4.78, 5) is 41.4. The van der Waals surface area contributed by atoms with Crippen LogP contribution in [0, 0.1) is 5.92 Å². The van der Waals surface area contributed by atoms with Gasteiger partial charge in [0.05, 0.1) is 7.11 Å². The van der Waals surface area contributed by atoms with Gasteiger partial charge in [0.1, 0.15) is 12.6 Å². The average molecular weight is 463 g/mol. The first-order valence-electron chi connectivity index (χ1n) is 11.3. The number of carbonyl (C=O) groups is 3. The van der Waals surface area contributed by atoms with E-state index in [1.54, 1.807) is 20.0 Å². The number of methoxy groups -OCH3 is 1. The predicted octanol–water partition coefficient (Wildman–Crippen LogP) is 2.56. The van der Waals surface area contributed by atoms with Crippen LogP contribution >= 0.6 is 0 Å². The lowest BCUT2D eigenvalue weighted by molar-refractivity contribution is -0.145. The molecule has 0 spiro atoms. The second kappa shape index (κ2) is 11.4. The second-order valence-corrected chi connectivity index (χ2v) is 8.33. The number of hydrogen-bond acceptors (Lipinski definition) is 5. The number of esters is 1. The third kappa shape index (κ3) is 5.78. The fourth-order valence-corrected chi connectivity index (χ4v) is 3.81. The van der Waals surface area contributed by atoms with Crippen LogP contribution in [0.3, 0.4) is 0 Å². The van der Waals surface area contributed by atoms with Crippen molar-refractivity contribution in [3.63, 3.8) is 0 Å². The molecule has 9 heteroatoms. The number of benzene rings is 2. The molecule has 34 heavy (non-hydrogen) atoms. The first-order valence-corrected chi connectivity index (χ1v) is 11.3. The molecule has 2 aromatic carbocycles. The van der Waals surface area contributed by atoms with Gasteiger partial charge < -0.3 is 25.1 Å². The highest BCUT2D eigenvalue weighted by Gasteiger charge is 2.32. The van der Waals surface area contributed by atoms with E-state index in [0.717, 1.165) is 29.2 Å². The van der Waals surface area contributed by atoms with Gasteiger partial charge in [0, 0.05) is 22.7 Å². The van der Waals surface area contributed by atoms with Crippen molar-refractivity contribution in [1.82, 2.24) is 15.6 Å². The molecule has 3 rings (SSSR count). The summed E-state index contributed by atoms with van der Waals surface area (Å²) in [7, 11) is 2.09. The van der Waals surface area contributed by atoms with Gasteiger partial charge in [-0.3, -0.25) is 4.79 Å². The molecule has 1 heterocycles. The van der Waals surface area contributed by atoms with Crippen LogP contribution in [0.15, 0.2) is 54.7 Å². The number of fused-ring (bicyclic) bond motifs is 1. The van der Waals surface area contributed by atoms with E-state index in [4.69, 9.17) is 9.47 Å². The van der Waals surface area contributed by atoms with E-state index in [0.29, 0.717) is 5.56 Å². The zero-order chi connectivity index (χ0) is 24.7. The molecule has 0 fully saturated rings. The van der Waals surface area contributed by atoms with Crippen molar-refractivity contribution < 1.29 is 23.9 Å². The summed E-state index contributed by atoms with van der Waals surface area (Å²) in [5, 5.41) is 6.20. The molecule has 8 nitrogen and oxygen atoms in total. The summed E-state index contributed by atoms with van der Waals surface area (Å²) in [5.74, 6) is -1.37. The van der Waals surface area contributed by atoms with Crippen molar-refractivity contribution in [3.8, 4) is 0 Å². The number of nitrogens with one attached hydrogen (secondary N) is 3. The minimum absolute atomic E-state index is 0.0823. The van der Waals surface area contributed by atoms with Gasteiger partial charge in [0.15, 0.2) is 13.3 Å². The van der Waals surface area contributed by atoms with Crippen molar-refractivity contribution in [3.05, 3.63) is 65.9 Å². The summed E-state index contributed by atoms with van der Waals surface area (Å²) in [6.45, 7) is 5.73. The number of rotatable bonds is 9. The molecule has 0 radical (unpaired) electrons. The molecule has 0 aliphatic rings. The molecule has 1 aromatic heterocycles. The molecule has 0 bridgehead atoms. The number of aromatic nitrogens is 1. The fourth-order valence-electron chi connectivity index (χ4n) is 3.81. The van der Waals surface area contributed by atoms with Crippen molar-refractivity contribution in [1.29, 1.82) is 0 Å². The number of ether oxygens (including phenoxy) is 2. The van der Waals surface area contributed by atoms with Crippen LogP contribution in [0.4, 0.5) is 4.79 Å². The Morgan fingerprint density at radius 3 is 2.41 bits per heavy atom. The molecule has 1 unspecified atom stereocenters. The lowest BCUT2D eigenvalue weighted by Gasteiger charge is -2.24. The maximum atomic E-state index is 13.2. The Bertz CT molecular complexity index is 1150. The minimum atomic E-state index is -1.04. The molecular weight excluding hydrogens is 433 g/mol. The molecule has 3 aromatic rings. The Hall–Kier alpha value is -3.75. The molecule has 178 valence electrons. The van der Waals surface area contributed by atoms with Crippen LogP contribution in [0.1, 0.15) is 31.0 Å². The molecule has 0 aliphatic heterocycles. The van der Waals surface area contributed by atoms with Gasteiger partial charge in [-0.05, 0) is 11.5 Å². The van der Waals surface area contributed by atoms with Gasteiger partial charge in [-0.1, -0.05) is 74.7 Å². The second-order valence-electron chi connectivity index (χ2n) is 8.33. The summed E-state index contributed by atoms with van der Waals surface area (Å²) in [5.41, 5.74) is 3.44. The van der Waals surface area contributed by atoms with Crippen LogP contribution in [-0.2, 0) is 25.7 Å². The molecule has 0 saturated heterocycles. The van der Waals surface area contributed by atoms with E-state index < -0.39 is 30.1 Å². The number of alkyl carbamates (subject to hydrolysis) is 1. The summed E-state index contributed by atoms with van der Waals surface area (Å²) < 4.78 is 10.2. The third-order valence-electron chi connectivity index (χ3n) is 5.68. The zero-order valence-corrected chi connectivity index (χ0v) is 19.9. The number of carbonyl (C=O) groups excluding carboxylic acids is 3. The van der Waals surface area contributed by atoms with E-state index in [1.165, 1.54) is 7.11 Å². The Balaban J connectivity index is 1.76. The highest BCUT2D eigenvalue weighted by atomic mass is 16.5. The minimum Gasteiger partial charge on any atom is -0.467 e. The third-order valence-corrected chi connectivity index (χ3v) is 5.68. The van der Waals surface area contributed by atoms with E-state index in [9.17, 15) is 14.4 Å². The van der Waals surface area contributed by atoms with Gasteiger partial charge in [0.2, 0.25) is 5.91 Å². The smallest absolute Gasteiger partial charge is 0.408 e. The van der Waals surface area contributed by atoms with Crippen molar-refractivity contribution in [2.75, 3.05) is 7.11 Å².